The van der Waals surface area contributed by atoms with E-state index in [-0.39, 0.29) is 11.2 Å². The molecule has 3 nitrogen and oxygen atoms in total. The largest absolute Gasteiger partial charge is 0.374 e. The van der Waals surface area contributed by atoms with Gasteiger partial charge >= 0.3 is 0 Å². The normalized spacial score (nSPS) is 11.3. The van der Waals surface area contributed by atoms with Gasteiger partial charge in [0, 0.05) is 0 Å². The molecule has 18 heavy (non-hydrogen) atoms. The number of nitrogens with zero attached hydrogens (tertiary/aromatic N) is 1. The molecule has 0 aliphatic heterocycles. The Hall–Kier alpha value is -1.44. The summed E-state index contributed by atoms with van der Waals surface area (Å²) in [6, 6.07) is 6.19. The van der Waals surface area contributed by atoms with Gasteiger partial charge in [0.1, 0.15) is 11.9 Å². The zero-order valence-electron chi connectivity index (χ0n) is 11.0. The van der Waals surface area contributed by atoms with E-state index in [2.05, 4.69) is 0 Å². The Balaban J connectivity index is 2.34. The van der Waals surface area contributed by atoms with Gasteiger partial charge in [-0.1, -0.05) is 6.07 Å². The van der Waals surface area contributed by atoms with Gasteiger partial charge in [0.25, 0.3) is 0 Å². The van der Waals surface area contributed by atoms with Crippen LogP contribution >= 0.6 is 0 Å². The quantitative estimate of drug-likeness (QED) is 0.755. The molecule has 1 rings (SSSR count). The van der Waals surface area contributed by atoms with Crippen molar-refractivity contribution in [1.82, 2.24) is 0 Å². The Bertz CT molecular complexity index is 432. The molecule has 0 saturated heterocycles. The number of ether oxygens (including phenoxy) is 2. The molecule has 0 bridgehead atoms. The van der Waals surface area contributed by atoms with Gasteiger partial charge in [0.2, 0.25) is 0 Å². The molecular formula is C14H18FNO2. The van der Waals surface area contributed by atoms with E-state index >= 15 is 0 Å². The first-order chi connectivity index (χ1) is 8.42. The Morgan fingerprint density at radius 2 is 2.00 bits per heavy atom. The summed E-state index contributed by atoms with van der Waals surface area (Å²) >= 11 is 0. The van der Waals surface area contributed by atoms with Gasteiger partial charge in [-0.15, -0.1) is 0 Å². The number of benzene rings is 1. The molecule has 0 heterocycles. The van der Waals surface area contributed by atoms with E-state index in [0.717, 1.165) is 5.56 Å². The van der Waals surface area contributed by atoms with Crippen molar-refractivity contribution in [3.05, 3.63) is 35.1 Å². The zero-order valence-corrected chi connectivity index (χ0v) is 11.0. The van der Waals surface area contributed by atoms with Gasteiger partial charge in [-0.3, -0.25) is 0 Å². The van der Waals surface area contributed by atoms with Crippen LogP contribution in [0.5, 0.6) is 0 Å². The molecule has 1 aromatic rings. The first-order valence-electron chi connectivity index (χ1n) is 5.82. The third-order valence-electron chi connectivity index (χ3n) is 2.18. The molecule has 0 atom stereocenters. The number of nitriles is 1. The summed E-state index contributed by atoms with van der Waals surface area (Å²) in [6.45, 7) is 7.26. The number of hydrogen-bond acceptors (Lipinski definition) is 3. The number of hydrogen-bond donors (Lipinski definition) is 0. The lowest BCUT2D eigenvalue weighted by Gasteiger charge is -2.19. The Labute approximate surface area is 107 Å². The van der Waals surface area contributed by atoms with Crippen molar-refractivity contribution >= 4 is 0 Å². The van der Waals surface area contributed by atoms with Gasteiger partial charge in [0.15, 0.2) is 0 Å². The molecular weight excluding hydrogens is 233 g/mol. The maximum atomic E-state index is 13.1. The van der Waals surface area contributed by atoms with Crippen LogP contribution in [0.2, 0.25) is 0 Å². The van der Waals surface area contributed by atoms with E-state index in [1.165, 1.54) is 12.1 Å². The fourth-order valence-corrected chi connectivity index (χ4v) is 1.34. The minimum absolute atomic E-state index is 0.0436. The van der Waals surface area contributed by atoms with Crippen LogP contribution in [0.25, 0.3) is 0 Å². The standard InChI is InChI=1S/C14H18FNO2/c1-14(2,3)18-7-6-17-10-11-4-5-13(15)12(8-11)9-16/h4-5,8H,6-7,10H2,1-3H3. The Morgan fingerprint density at radius 1 is 1.28 bits per heavy atom. The van der Waals surface area contributed by atoms with Crippen LogP contribution in [0, 0.1) is 17.1 Å². The second-order valence-corrected chi connectivity index (χ2v) is 4.94. The summed E-state index contributed by atoms with van der Waals surface area (Å²) < 4.78 is 24.0. The van der Waals surface area contributed by atoms with E-state index in [1.807, 2.05) is 20.8 Å². The van der Waals surface area contributed by atoms with Crippen molar-refractivity contribution in [1.29, 1.82) is 5.26 Å². The van der Waals surface area contributed by atoms with Gasteiger partial charge < -0.3 is 9.47 Å². The summed E-state index contributed by atoms with van der Waals surface area (Å²) in [5.74, 6) is -0.502. The van der Waals surface area contributed by atoms with Crippen molar-refractivity contribution in [2.45, 2.75) is 33.0 Å². The van der Waals surface area contributed by atoms with Gasteiger partial charge in [-0.05, 0) is 38.5 Å². The zero-order chi connectivity index (χ0) is 13.6. The molecule has 1 aromatic carbocycles. The minimum Gasteiger partial charge on any atom is -0.374 e. The summed E-state index contributed by atoms with van der Waals surface area (Å²) in [4.78, 5) is 0. The third kappa shape index (κ3) is 5.26. The molecule has 0 aliphatic carbocycles. The molecule has 0 unspecified atom stereocenters. The van der Waals surface area contributed by atoms with E-state index in [1.54, 1.807) is 12.1 Å². The molecule has 98 valence electrons. The van der Waals surface area contributed by atoms with Gasteiger partial charge in [-0.2, -0.15) is 5.26 Å². The second-order valence-electron chi connectivity index (χ2n) is 4.94. The van der Waals surface area contributed by atoms with Crippen molar-refractivity contribution in [2.75, 3.05) is 13.2 Å². The highest BCUT2D eigenvalue weighted by molar-refractivity contribution is 5.34. The SMILES string of the molecule is CC(C)(C)OCCOCc1ccc(F)c(C#N)c1. The third-order valence-corrected chi connectivity index (χ3v) is 2.18. The lowest BCUT2D eigenvalue weighted by molar-refractivity contribution is -0.0376. The van der Waals surface area contributed by atoms with E-state index in [0.29, 0.717) is 19.8 Å². The fourth-order valence-electron chi connectivity index (χ4n) is 1.34. The van der Waals surface area contributed by atoms with Crippen molar-refractivity contribution in [3.63, 3.8) is 0 Å². The van der Waals surface area contributed by atoms with Crippen LogP contribution in [0.4, 0.5) is 4.39 Å². The maximum Gasteiger partial charge on any atom is 0.140 e. The van der Waals surface area contributed by atoms with Crippen molar-refractivity contribution in [3.8, 4) is 6.07 Å². The molecule has 0 amide bonds. The van der Waals surface area contributed by atoms with Gasteiger partial charge in [-0.25, -0.2) is 4.39 Å². The number of rotatable bonds is 5. The van der Waals surface area contributed by atoms with Crippen LogP contribution in [0.1, 0.15) is 31.9 Å². The highest BCUT2D eigenvalue weighted by atomic mass is 19.1. The summed E-state index contributed by atoms with van der Waals surface area (Å²) in [7, 11) is 0. The Morgan fingerprint density at radius 3 is 2.61 bits per heavy atom. The monoisotopic (exact) mass is 251 g/mol. The van der Waals surface area contributed by atoms with Crippen LogP contribution in [0.15, 0.2) is 18.2 Å². The van der Waals surface area contributed by atoms with Crippen molar-refractivity contribution < 1.29 is 13.9 Å². The van der Waals surface area contributed by atoms with Gasteiger partial charge in [0.05, 0.1) is 31.0 Å². The fraction of sp³-hybridized carbons (Fsp3) is 0.500. The van der Waals surface area contributed by atoms with Crippen LogP contribution in [-0.4, -0.2) is 18.8 Å². The molecule has 0 radical (unpaired) electrons. The molecule has 0 fully saturated rings. The number of halogens is 1. The molecule has 0 aromatic heterocycles. The van der Waals surface area contributed by atoms with E-state index in [4.69, 9.17) is 14.7 Å². The molecule has 0 aliphatic rings. The maximum absolute atomic E-state index is 13.1. The lowest BCUT2D eigenvalue weighted by Crippen LogP contribution is -2.21. The first-order valence-corrected chi connectivity index (χ1v) is 5.82. The molecule has 0 spiro atoms. The summed E-state index contributed by atoms with van der Waals surface area (Å²) in [5, 5.41) is 8.69. The summed E-state index contributed by atoms with van der Waals surface area (Å²) in [5.41, 5.74) is 0.651. The molecule has 0 N–H and O–H groups in total. The Kier molecular flexibility index (Phi) is 5.26. The van der Waals surface area contributed by atoms with Crippen LogP contribution < -0.4 is 0 Å². The second kappa shape index (κ2) is 6.48. The van der Waals surface area contributed by atoms with Crippen molar-refractivity contribution in [2.24, 2.45) is 0 Å². The van der Waals surface area contributed by atoms with E-state index < -0.39 is 5.82 Å². The summed E-state index contributed by atoms with van der Waals surface area (Å²) in [6.07, 6.45) is 0. The predicted molar refractivity (Wildman–Crippen MR) is 66.5 cm³/mol. The highest BCUT2D eigenvalue weighted by Gasteiger charge is 2.09. The van der Waals surface area contributed by atoms with E-state index in [9.17, 15) is 4.39 Å². The average Bonchev–Trinajstić information content (AvgIpc) is 2.29. The van der Waals surface area contributed by atoms with Crippen LogP contribution in [-0.2, 0) is 16.1 Å². The molecule has 0 saturated carbocycles. The van der Waals surface area contributed by atoms with Crippen LogP contribution in [0.3, 0.4) is 0 Å². The first kappa shape index (κ1) is 14.6. The average molecular weight is 251 g/mol. The lowest BCUT2D eigenvalue weighted by atomic mass is 10.1. The highest BCUT2D eigenvalue weighted by Crippen LogP contribution is 2.11. The smallest absolute Gasteiger partial charge is 0.140 e. The predicted octanol–water partition coefficient (Wildman–Crippen LogP) is 3.03. The molecule has 4 heteroatoms. The topological polar surface area (TPSA) is 42.2 Å². The minimum atomic E-state index is -0.502.